The van der Waals surface area contributed by atoms with Crippen LogP contribution in [0.4, 0.5) is 5.69 Å². The number of anilines is 1. The summed E-state index contributed by atoms with van der Waals surface area (Å²) in [6, 6.07) is 18.9. The summed E-state index contributed by atoms with van der Waals surface area (Å²) >= 11 is 0. The SMILES string of the molecule is CC(=O)c1ccc(N2C(=O)C3C(c4cccc5ccccc45)NC(C)(C(=O)O)C3C2=O)cc1. The zero-order chi connectivity index (χ0) is 23.5. The van der Waals surface area contributed by atoms with Crippen LogP contribution < -0.4 is 10.2 Å². The zero-order valence-electron chi connectivity index (χ0n) is 18.1. The largest absolute Gasteiger partial charge is 0.480 e. The van der Waals surface area contributed by atoms with E-state index in [9.17, 15) is 24.3 Å². The van der Waals surface area contributed by atoms with Crippen LogP contribution in [0.3, 0.4) is 0 Å². The van der Waals surface area contributed by atoms with Crippen LogP contribution in [0, 0.1) is 11.8 Å². The summed E-state index contributed by atoms with van der Waals surface area (Å²) in [5.41, 5.74) is -0.0480. The molecule has 2 amide bonds. The van der Waals surface area contributed by atoms with Crippen LogP contribution in [0.5, 0.6) is 0 Å². The van der Waals surface area contributed by atoms with Crippen LogP contribution in [0.2, 0.25) is 0 Å². The van der Waals surface area contributed by atoms with E-state index in [1.54, 1.807) is 24.3 Å². The van der Waals surface area contributed by atoms with E-state index in [1.165, 1.54) is 13.8 Å². The van der Waals surface area contributed by atoms with Gasteiger partial charge in [0.05, 0.1) is 17.5 Å². The summed E-state index contributed by atoms with van der Waals surface area (Å²) in [6.45, 7) is 2.90. The average Bonchev–Trinajstić information content (AvgIpc) is 3.27. The van der Waals surface area contributed by atoms with Crippen molar-refractivity contribution in [3.8, 4) is 0 Å². The van der Waals surface area contributed by atoms with E-state index in [0.29, 0.717) is 11.3 Å². The molecule has 33 heavy (non-hydrogen) atoms. The fourth-order valence-corrected chi connectivity index (χ4v) is 5.22. The third-order valence-corrected chi connectivity index (χ3v) is 6.92. The lowest BCUT2D eigenvalue weighted by Crippen LogP contribution is -2.53. The Morgan fingerprint density at radius 3 is 2.27 bits per heavy atom. The molecule has 7 heteroatoms. The highest BCUT2D eigenvalue weighted by Gasteiger charge is 2.67. The Morgan fingerprint density at radius 1 is 0.939 bits per heavy atom. The smallest absolute Gasteiger partial charge is 0.324 e. The maximum atomic E-state index is 13.7. The number of ketones is 1. The monoisotopic (exact) mass is 442 g/mol. The zero-order valence-corrected chi connectivity index (χ0v) is 18.1. The molecule has 0 radical (unpaired) electrons. The molecule has 2 fully saturated rings. The second-order valence-electron chi connectivity index (χ2n) is 8.82. The lowest BCUT2D eigenvalue weighted by Gasteiger charge is -2.27. The third kappa shape index (κ3) is 3.00. The molecule has 2 aliphatic heterocycles. The van der Waals surface area contributed by atoms with Gasteiger partial charge in [-0.1, -0.05) is 42.5 Å². The van der Waals surface area contributed by atoms with Crippen molar-refractivity contribution in [1.29, 1.82) is 0 Å². The summed E-state index contributed by atoms with van der Waals surface area (Å²) < 4.78 is 0. The Morgan fingerprint density at radius 2 is 1.61 bits per heavy atom. The van der Waals surface area contributed by atoms with Gasteiger partial charge in [-0.05, 0) is 54.4 Å². The summed E-state index contributed by atoms with van der Waals surface area (Å²) in [4.78, 5) is 52.2. The Hall–Kier alpha value is -3.84. The number of fused-ring (bicyclic) bond motifs is 2. The molecule has 166 valence electrons. The van der Waals surface area contributed by atoms with E-state index in [0.717, 1.165) is 21.2 Å². The number of nitrogens with zero attached hydrogens (tertiary/aromatic N) is 1. The van der Waals surface area contributed by atoms with Gasteiger partial charge in [-0.15, -0.1) is 0 Å². The van der Waals surface area contributed by atoms with Crippen LogP contribution in [0.15, 0.2) is 66.7 Å². The first kappa shape index (κ1) is 21.0. The van der Waals surface area contributed by atoms with Crippen LogP contribution in [-0.4, -0.2) is 34.2 Å². The van der Waals surface area contributed by atoms with Crippen molar-refractivity contribution in [3.63, 3.8) is 0 Å². The Kier molecular flexibility index (Phi) is 4.68. The summed E-state index contributed by atoms with van der Waals surface area (Å²) in [5.74, 6) is -4.26. The number of carboxylic acid groups (broad SMARTS) is 1. The topological polar surface area (TPSA) is 104 Å². The summed E-state index contributed by atoms with van der Waals surface area (Å²) in [6.07, 6.45) is 0. The first-order valence-electron chi connectivity index (χ1n) is 10.7. The molecule has 7 nitrogen and oxygen atoms in total. The van der Waals surface area contributed by atoms with Crippen LogP contribution in [0.1, 0.15) is 35.8 Å². The van der Waals surface area contributed by atoms with E-state index in [4.69, 9.17) is 0 Å². The second kappa shape index (κ2) is 7.35. The number of amides is 2. The quantitative estimate of drug-likeness (QED) is 0.475. The molecular formula is C26H22N2O5. The lowest BCUT2D eigenvalue weighted by molar-refractivity contribution is -0.147. The van der Waals surface area contributed by atoms with Gasteiger partial charge >= 0.3 is 5.97 Å². The molecule has 4 atom stereocenters. The fraction of sp³-hybridized carbons (Fsp3) is 0.231. The summed E-state index contributed by atoms with van der Waals surface area (Å²) in [7, 11) is 0. The molecule has 0 bridgehead atoms. The molecule has 2 saturated heterocycles. The number of Topliss-reactive ketones (excluding diaryl/α,β-unsaturated/α-hetero) is 1. The fourth-order valence-electron chi connectivity index (χ4n) is 5.22. The first-order valence-corrected chi connectivity index (χ1v) is 10.7. The minimum Gasteiger partial charge on any atom is -0.480 e. The predicted octanol–water partition coefficient (Wildman–Crippen LogP) is 3.34. The number of rotatable bonds is 4. The highest BCUT2D eigenvalue weighted by molar-refractivity contribution is 6.24. The van der Waals surface area contributed by atoms with Gasteiger partial charge < -0.3 is 5.11 Å². The van der Waals surface area contributed by atoms with Gasteiger partial charge in [0, 0.05) is 11.6 Å². The van der Waals surface area contributed by atoms with Crippen LogP contribution >= 0.6 is 0 Å². The van der Waals surface area contributed by atoms with Gasteiger partial charge in [0.2, 0.25) is 11.8 Å². The van der Waals surface area contributed by atoms with Gasteiger partial charge in [-0.3, -0.25) is 24.5 Å². The number of aliphatic carboxylic acids is 1. The van der Waals surface area contributed by atoms with E-state index < -0.39 is 41.2 Å². The van der Waals surface area contributed by atoms with Crippen molar-refractivity contribution in [1.82, 2.24) is 5.32 Å². The third-order valence-electron chi connectivity index (χ3n) is 6.92. The molecule has 4 unspecified atom stereocenters. The number of hydrogen-bond donors (Lipinski definition) is 2. The molecule has 0 spiro atoms. The van der Waals surface area contributed by atoms with E-state index in [-0.39, 0.29) is 5.78 Å². The van der Waals surface area contributed by atoms with Crippen molar-refractivity contribution >= 4 is 40.0 Å². The summed E-state index contributed by atoms with van der Waals surface area (Å²) in [5, 5.41) is 15.1. The molecule has 2 aliphatic rings. The lowest BCUT2D eigenvalue weighted by atomic mass is 9.80. The number of nitrogens with one attached hydrogen (secondary N) is 1. The molecule has 2 N–H and O–H groups in total. The highest BCUT2D eigenvalue weighted by Crippen LogP contribution is 2.50. The standard InChI is InChI=1S/C26H22N2O5/c1-14(29)15-10-12-17(13-11-15)28-23(30)20-21(24(28)31)26(2,25(32)33)27-22(20)19-9-5-7-16-6-3-4-8-18(16)19/h3-13,20-22,27H,1-2H3,(H,32,33). The molecule has 0 aliphatic carbocycles. The number of imide groups is 1. The van der Waals surface area contributed by atoms with E-state index >= 15 is 0 Å². The van der Waals surface area contributed by atoms with E-state index in [1.807, 2.05) is 42.5 Å². The van der Waals surface area contributed by atoms with Gasteiger partial charge in [-0.25, -0.2) is 4.90 Å². The molecule has 5 rings (SSSR count). The number of carbonyl (C=O) groups excluding carboxylic acids is 3. The van der Waals surface area contributed by atoms with Gasteiger partial charge in [0.1, 0.15) is 5.54 Å². The number of carboxylic acids is 1. The average molecular weight is 442 g/mol. The molecule has 0 saturated carbocycles. The Bertz CT molecular complexity index is 1330. The number of carbonyl (C=O) groups is 4. The second-order valence-corrected chi connectivity index (χ2v) is 8.82. The first-order chi connectivity index (χ1) is 15.7. The van der Waals surface area contributed by atoms with Gasteiger partial charge in [0.25, 0.3) is 0 Å². The molecular weight excluding hydrogens is 420 g/mol. The van der Waals surface area contributed by atoms with Crippen LogP contribution in [-0.2, 0) is 14.4 Å². The maximum Gasteiger partial charge on any atom is 0.324 e. The van der Waals surface area contributed by atoms with Crippen molar-refractivity contribution in [3.05, 3.63) is 77.9 Å². The predicted molar refractivity (Wildman–Crippen MR) is 122 cm³/mol. The van der Waals surface area contributed by atoms with E-state index in [2.05, 4.69) is 5.32 Å². The number of hydrogen-bond acceptors (Lipinski definition) is 5. The maximum absolute atomic E-state index is 13.7. The van der Waals surface area contributed by atoms with Crippen molar-refractivity contribution < 1.29 is 24.3 Å². The normalized spacial score (nSPS) is 26.6. The molecule has 3 aromatic carbocycles. The van der Waals surface area contributed by atoms with Gasteiger partial charge in [-0.2, -0.15) is 0 Å². The number of benzene rings is 3. The van der Waals surface area contributed by atoms with Gasteiger partial charge in [0.15, 0.2) is 5.78 Å². The van der Waals surface area contributed by atoms with Crippen LogP contribution in [0.25, 0.3) is 10.8 Å². The molecule has 0 aromatic heterocycles. The molecule has 2 heterocycles. The van der Waals surface area contributed by atoms with Crippen molar-refractivity contribution in [2.24, 2.45) is 11.8 Å². The minimum atomic E-state index is -1.62. The Labute approximate surface area is 190 Å². The Balaban J connectivity index is 1.64. The van der Waals surface area contributed by atoms with Crippen molar-refractivity contribution in [2.45, 2.75) is 25.4 Å². The van der Waals surface area contributed by atoms with Crippen molar-refractivity contribution in [2.75, 3.05) is 4.90 Å². The molecule has 3 aromatic rings. The highest BCUT2D eigenvalue weighted by atomic mass is 16.4. The minimum absolute atomic E-state index is 0.129.